The fourth-order valence-electron chi connectivity index (χ4n) is 1.36. The summed E-state index contributed by atoms with van der Waals surface area (Å²) < 4.78 is 5.56. The monoisotopic (exact) mass is 267 g/mol. The lowest BCUT2D eigenvalue weighted by Gasteiger charge is -2.08. The lowest BCUT2D eigenvalue weighted by Crippen LogP contribution is -2.01. The van der Waals surface area contributed by atoms with E-state index in [0.29, 0.717) is 22.9 Å². The van der Waals surface area contributed by atoms with E-state index in [4.69, 9.17) is 16.3 Å². The number of nitrogens with zero attached hydrogens (tertiary/aromatic N) is 1. The van der Waals surface area contributed by atoms with Crippen LogP contribution in [0, 0.1) is 0 Å². The summed E-state index contributed by atoms with van der Waals surface area (Å²) in [5, 5.41) is 2.43. The molecule has 0 bridgehead atoms. The van der Waals surface area contributed by atoms with E-state index >= 15 is 0 Å². The van der Waals surface area contributed by atoms with E-state index in [9.17, 15) is 4.79 Å². The molecule has 0 spiro atoms. The van der Waals surface area contributed by atoms with Crippen molar-refractivity contribution in [3.8, 4) is 5.75 Å². The summed E-state index contributed by atoms with van der Waals surface area (Å²) in [7, 11) is 0. The number of rotatable bonds is 4. The van der Waals surface area contributed by atoms with E-state index < -0.39 is 0 Å². The predicted octanol–water partition coefficient (Wildman–Crippen LogP) is 3.58. The predicted molar refractivity (Wildman–Crippen MR) is 67.9 cm³/mol. The Morgan fingerprint density at radius 2 is 2.35 bits per heavy atom. The number of ketones is 1. The molecule has 1 aromatic heterocycles. The third kappa shape index (κ3) is 3.05. The number of thiazole rings is 1. The molecular formula is C12H10ClNO2S. The molecule has 17 heavy (non-hydrogen) atoms. The number of carbonyl (C=O) groups is 1. The van der Waals surface area contributed by atoms with Gasteiger partial charge in [0.25, 0.3) is 0 Å². The van der Waals surface area contributed by atoms with Gasteiger partial charge in [-0.15, -0.1) is 11.3 Å². The number of ether oxygens (including phenoxy) is 1. The lowest BCUT2D eigenvalue weighted by atomic mass is 10.1. The van der Waals surface area contributed by atoms with E-state index in [0.717, 1.165) is 5.69 Å². The van der Waals surface area contributed by atoms with Crippen LogP contribution in [-0.2, 0) is 6.61 Å². The Labute approximate surface area is 108 Å². The molecule has 0 aliphatic carbocycles. The Morgan fingerprint density at radius 3 is 3.00 bits per heavy atom. The van der Waals surface area contributed by atoms with E-state index in [-0.39, 0.29) is 5.78 Å². The van der Waals surface area contributed by atoms with Gasteiger partial charge in [-0.3, -0.25) is 4.79 Å². The third-order valence-electron chi connectivity index (χ3n) is 2.18. The molecule has 0 N–H and O–H groups in total. The normalized spacial score (nSPS) is 10.2. The molecule has 2 rings (SSSR count). The fraction of sp³-hybridized carbons (Fsp3) is 0.167. The largest absolute Gasteiger partial charge is 0.487 e. The van der Waals surface area contributed by atoms with E-state index in [1.54, 1.807) is 23.7 Å². The van der Waals surface area contributed by atoms with Crippen molar-refractivity contribution in [2.24, 2.45) is 0 Å². The average Bonchev–Trinajstić information content (AvgIpc) is 2.80. The highest BCUT2D eigenvalue weighted by molar-refractivity contribution is 7.07. The zero-order valence-corrected chi connectivity index (χ0v) is 10.7. The van der Waals surface area contributed by atoms with E-state index in [1.165, 1.54) is 18.3 Å². The minimum atomic E-state index is -0.0687. The Kier molecular flexibility index (Phi) is 3.76. The molecule has 0 saturated carbocycles. The molecule has 0 aliphatic heterocycles. The van der Waals surface area contributed by atoms with E-state index in [1.807, 2.05) is 5.38 Å². The SMILES string of the molecule is CC(=O)c1cc(Cl)ccc1OCc1cscn1. The van der Waals surface area contributed by atoms with E-state index in [2.05, 4.69) is 4.98 Å². The van der Waals surface area contributed by atoms with Gasteiger partial charge in [-0.1, -0.05) is 11.6 Å². The maximum atomic E-state index is 11.4. The molecule has 0 unspecified atom stereocenters. The van der Waals surface area contributed by atoms with Gasteiger partial charge < -0.3 is 4.74 Å². The van der Waals surface area contributed by atoms with Gasteiger partial charge in [-0.2, -0.15) is 0 Å². The second kappa shape index (κ2) is 5.29. The zero-order chi connectivity index (χ0) is 12.3. The van der Waals surface area contributed by atoms with Gasteiger partial charge in [-0.05, 0) is 25.1 Å². The number of benzene rings is 1. The Hall–Kier alpha value is -1.39. The van der Waals surface area contributed by atoms with Gasteiger partial charge in [0.05, 0.1) is 16.8 Å². The first kappa shape index (κ1) is 12.1. The maximum Gasteiger partial charge on any atom is 0.163 e. The molecule has 0 fully saturated rings. The highest BCUT2D eigenvalue weighted by atomic mass is 35.5. The van der Waals surface area contributed by atoms with Crippen LogP contribution in [0.25, 0.3) is 0 Å². The van der Waals surface area contributed by atoms with Gasteiger partial charge in [0.2, 0.25) is 0 Å². The van der Waals surface area contributed by atoms with Gasteiger partial charge in [0, 0.05) is 10.4 Å². The van der Waals surface area contributed by atoms with Gasteiger partial charge in [-0.25, -0.2) is 4.98 Å². The van der Waals surface area contributed by atoms with Crippen LogP contribution in [0.2, 0.25) is 5.02 Å². The fourth-order valence-corrected chi connectivity index (χ4v) is 2.08. The molecule has 0 radical (unpaired) electrons. The second-order valence-corrected chi connectivity index (χ2v) is 4.62. The molecule has 1 heterocycles. The van der Waals surface area contributed by atoms with Gasteiger partial charge in [0.15, 0.2) is 5.78 Å². The standard InChI is InChI=1S/C12H10ClNO2S/c1-8(15)11-4-9(13)2-3-12(11)16-5-10-6-17-7-14-10/h2-4,6-7H,5H2,1H3. The topological polar surface area (TPSA) is 39.2 Å². The molecule has 0 saturated heterocycles. The highest BCUT2D eigenvalue weighted by Gasteiger charge is 2.09. The minimum Gasteiger partial charge on any atom is -0.487 e. The summed E-state index contributed by atoms with van der Waals surface area (Å²) in [5.41, 5.74) is 3.08. The first-order chi connectivity index (χ1) is 8.16. The van der Waals surface area contributed by atoms with Gasteiger partial charge in [0.1, 0.15) is 12.4 Å². The Bertz CT molecular complexity index is 525. The van der Waals surface area contributed by atoms with Crippen LogP contribution in [0.5, 0.6) is 5.75 Å². The average molecular weight is 268 g/mol. The number of Topliss-reactive ketones (excluding diaryl/α,β-unsaturated/α-hetero) is 1. The van der Waals surface area contributed by atoms with Crippen LogP contribution in [0.3, 0.4) is 0 Å². The summed E-state index contributed by atoms with van der Waals surface area (Å²) in [5.74, 6) is 0.468. The molecule has 1 aromatic carbocycles. The quantitative estimate of drug-likeness (QED) is 0.795. The number of hydrogen-bond donors (Lipinski definition) is 0. The molecule has 0 aliphatic rings. The molecule has 5 heteroatoms. The van der Waals surface area contributed by atoms with Crippen LogP contribution in [0.1, 0.15) is 23.0 Å². The number of aromatic nitrogens is 1. The first-order valence-electron chi connectivity index (χ1n) is 4.97. The summed E-state index contributed by atoms with van der Waals surface area (Å²) in [4.78, 5) is 15.5. The molecular weight excluding hydrogens is 258 g/mol. The van der Waals surface area contributed by atoms with Crippen LogP contribution in [0.4, 0.5) is 0 Å². The van der Waals surface area contributed by atoms with Crippen molar-refractivity contribution >= 4 is 28.7 Å². The third-order valence-corrected chi connectivity index (χ3v) is 3.05. The molecule has 0 amide bonds. The summed E-state index contributed by atoms with van der Waals surface area (Å²) in [6.07, 6.45) is 0. The lowest BCUT2D eigenvalue weighted by molar-refractivity contribution is 0.101. The van der Waals surface area contributed by atoms with Gasteiger partial charge >= 0.3 is 0 Å². The summed E-state index contributed by atoms with van der Waals surface area (Å²) in [6.45, 7) is 1.84. The highest BCUT2D eigenvalue weighted by Crippen LogP contribution is 2.24. The van der Waals surface area contributed by atoms with Crippen LogP contribution in [0.15, 0.2) is 29.1 Å². The Balaban J connectivity index is 2.17. The number of hydrogen-bond acceptors (Lipinski definition) is 4. The van der Waals surface area contributed by atoms with Crippen molar-refractivity contribution in [3.63, 3.8) is 0 Å². The van der Waals surface area contributed by atoms with Crippen molar-refractivity contribution in [2.45, 2.75) is 13.5 Å². The number of carbonyl (C=O) groups excluding carboxylic acids is 1. The van der Waals surface area contributed by atoms with Crippen LogP contribution in [-0.4, -0.2) is 10.8 Å². The second-order valence-electron chi connectivity index (χ2n) is 3.47. The molecule has 3 nitrogen and oxygen atoms in total. The first-order valence-corrected chi connectivity index (χ1v) is 6.29. The number of halogens is 1. The maximum absolute atomic E-state index is 11.4. The smallest absolute Gasteiger partial charge is 0.163 e. The summed E-state index contributed by atoms with van der Waals surface area (Å²) in [6, 6.07) is 5.01. The van der Waals surface area contributed by atoms with Crippen molar-refractivity contribution in [3.05, 3.63) is 45.4 Å². The molecule has 0 atom stereocenters. The summed E-state index contributed by atoms with van der Waals surface area (Å²) >= 11 is 7.35. The van der Waals surface area contributed by atoms with Crippen molar-refractivity contribution in [1.82, 2.24) is 4.98 Å². The molecule has 88 valence electrons. The van der Waals surface area contributed by atoms with Crippen LogP contribution < -0.4 is 4.74 Å². The minimum absolute atomic E-state index is 0.0687. The zero-order valence-electron chi connectivity index (χ0n) is 9.14. The van der Waals surface area contributed by atoms with Crippen molar-refractivity contribution in [2.75, 3.05) is 0 Å². The van der Waals surface area contributed by atoms with Crippen molar-refractivity contribution in [1.29, 1.82) is 0 Å². The van der Waals surface area contributed by atoms with Crippen molar-refractivity contribution < 1.29 is 9.53 Å². The molecule has 2 aromatic rings. The Morgan fingerprint density at radius 1 is 1.53 bits per heavy atom. The van der Waals surface area contributed by atoms with Crippen LogP contribution >= 0.6 is 22.9 Å².